The van der Waals surface area contributed by atoms with Crippen molar-refractivity contribution in [2.75, 3.05) is 0 Å². The summed E-state index contributed by atoms with van der Waals surface area (Å²) >= 11 is 0. The number of pyridine rings is 1. The first kappa shape index (κ1) is 11.9. The van der Waals surface area contributed by atoms with Crippen LogP contribution in [-0.4, -0.2) is 14.5 Å². The van der Waals surface area contributed by atoms with E-state index >= 15 is 0 Å². The second kappa shape index (κ2) is 4.59. The van der Waals surface area contributed by atoms with E-state index in [0.717, 1.165) is 33.9 Å². The molecule has 0 spiro atoms. The number of aryl methyl sites for hydroxylation is 1. The van der Waals surface area contributed by atoms with E-state index in [1.807, 2.05) is 72.2 Å². The fraction of sp³-hybridized carbons (Fsp3) is 0.0588. The average molecular weight is 275 g/mol. The molecule has 4 rings (SSSR count). The second-order valence-corrected chi connectivity index (χ2v) is 4.92. The first-order chi connectivity index (χ1) is 10.3. The highest BCUT2D eigenvalue weighted by atomic mass is 16.5. The number of fused-ring (bicyclic) bond motifs is 1. The van der Waals surface area contributed by atoms with Crippen molar-refractivity contribution in [3.8, 4) is 22.5 Å². The second-order valence-electron chi connectivity index (χ2n) is 4.92. The lowest BCUT2D eigenvalue weighted by molar-refractivity contribution is 0.400. The summed E-state index contributed by atoms with van der Waals surface area (Å²) in [5.74, 6) is 0.775. The zero-order valence-corrected chi connectivity index (χ0v) is 11.5. The molecular formula is C17H13N3O. The zero-order valence-electron chi connectivity index (χ0n) is 11.5. The first-order valence-corrected chi connectivity index (χ1v) is 6.79. The van der Waals surface area contributed by atoms with Gasteiger partial charge in [0.2, 0.25) is 0 Å². The van der Waals surface area contributed by atoms with Crippen molar-refractivity contribution in [3.63, 3.8) is 0 Å². The van der Waals surface area contributed by atoms with Crippen LogP contribution in [0.15, 0.2) is 65.4 Å². The first-order valence-electron chi connectivity index (χ1n) is 6.79. The minimum Gasteiger partial charge on any atom is -0.360 e. The van der Waals surface area contributed by atoms with E-state index < -0.39 is 0 Å². The Morgan fingerprint density at radius 2 is 1.81 bits per heavy atom. The summed E-state index contributed by atoms with van der Waals surface area (Å²) in [5, 5.41) is 4.21. The predicted molar refractivity (Wildman–Crippen MR) is 80.9 cm³/mol. The minimum atomic E-state index is 0.775. The van der Waals surface area contributed by atoms with E-state index in [0.29, 0.717) is 0 Å². The molecule has 0 unspecified atom stereocenters. The van der Waals surface area contributed by atoms with Crippen LogP contribution in [0.4, 0.5) is 0 Å². The molecule has 0 atom stereocenters. The molecule has 3 aromatic heterocycles. The molecule has 4 aromatic rings. The van der Waals surface area contributed by atoms with Crippen LogP contribution >= 0.6 is 0 Å². The van der Waals surface area contributed by atoms with Gasteiger partial charge in [-0.3, -0.25) is 0 Å². The number of hydrogen-bond donors (Lipinski definition) is 0. The topological polar surface area (TPSA) is 43.3 Å². The van der Waals surface area contributed by atoms with Gasteiger partial charge in [-0.25, -0.2) is 4.98 Å². The van der Waals surface area contributed by atoms with Gasteiger partial charge in [0.25, 0.3) is 0 Å². The van der Waals surface area contributed by atoms with Crippen LogP contribution in [0.5, 0.6) is 0 Å². The maximum Gasteiger partial charge on any atom is 0.143 e. The summed E-state index contributed by atoms with van der Waals surface area (Å²) in [6.45, 7) is 1.92. The number of nitrogens with zero attached hydrogens (tertiary/aromatic N) is 3. The van der Waals surface area contributed by atoms with E-state index in [4.69, 9.17) is 4.52 Å². The van der Waals surface area contributed by atoms with E-state index in [-0.39, 0.29) is 0 Å². The molecule has 0 N–H and O–H groups in total. The third kappa shape index (κ3) is 1.92. The van der Waals surface area contributed by atoms with Gasteiger partial charge in [0, 0.05) is 18.0 Å². The highest BCUT2D eigenvalue weighted by molar-refractivity contribution is 5.80. The Morgan fingerprint density at radius 3 is 2.62 bits per heavy atom. The Balaban J connectivity index is 1.94. The molecule has 0 radical (unpaired) electrons. The summed E-state index contributed by atoms with van der Waals surface area (Å²) in [5.41, 5.74) is 4.59. The van der Waals surface area contributed by atoms with Gasteiger partial charge in [0.1, 0.15) is 17.1 Å². The third-order valence-electron chi connectivity index (χ3n) is 3.53. The molecule has 3 heterocycles. The number of imidazole rings is 1. The third-order valence-corrected chi connectivity index (χ3v) is 3.53. The van der Waals surface area contributed by atoms with Gasteiger partial charge >= 0.3 is 0 Å². The van der Waals surface area contributed by atoms with Gasteiger partial charge in [-0.1, -0.05) is 41.6 Å². The number of hydrogen-bond acceptors (Lipinski definition) is 3. The predicted octanol–water partition coefficient (Wildman–Crippen LogP) is 3.96. The van der Waals surface area contributed by atoms with Crippen LogP contribution in [0, 0.1) is 6.92 Å². The lowest BCUT2D eigenvalue weighted by Gasteiger charge is -1.98. The zero-order chi connectivity index (χ0) is 14.2. The maximum atomic E-state index is 5.40. The lowest BCUT2D eigenvalue weighted by Crippen LogP contribution is -1.83. The van der Waals surface area contributed by atoms with E-state index in [2.05, 4.69) is 10.1 Å². The lowest BCUT2D eigenvalue weighted by atomic mass is 10.0. The minimum absolute atomic E-state index is 0.775. The maximum absolute atomic E-state index is 5.40. The summed E-state index contributed by atoms with van der Waals surface area (Å²) in [6, 6.07) is 16.0. The van der Waals surface area contributed by atoms with E-state index in [9.17, 15) is 0 Å². The van der Waals surface area contributed by atoms with Crippen molar-refractivity contribution in [2.45, 2.75) is 6.92 Å². The quantitative estimate of drug-likeness (QED) is 0.556. The molecule has 0 aliphatic carbocycles. The number of aromatic nitrogens is 3. The SMILES string of the molecule is Cc1onc(-c2ccccc2)c1-c1cn2ccccc2n1. The largest absolute Gasteiger partial charge is 0.360 e. The van der Waals surface area contributed by atoms with Crippen LogP contribution in [0.2, 0.25) is 0 Å². The van der Waals surface area contributed by atoms with Crippen LogP contribution in [0.1, 0.15) is 5.76 Å². The monoisotopic (exact) mass is 275 g/mol. The summed E-state index contributed by atoms with van der Waals surface area (Å²) in [7, 11) is 0. The number of rotatable bonds is 2. The van der Waals surface area contributed by atoms with Crippen molar-refractivity contribution in [3.05, 3.63) is 66.7 Å². The van der Waals surface area contributed by atoms with Crippen LogP contribution < -0.4 is 0 Å². The van der Waals surface area contributed by atoms with Crippen molar-refractivity contribution < 1.29 is 4.52 Å². The van der Waals surface area contributed by atoms with Crippen molar-refractivity contribution >= 4 is 5.65 Å². The molecule has 21 heavy (non-hydrogen) atoms. The van der Waals surface area contributed by atoms with E-state index in [1.54, 1.807) is 0 Å². The van der Waals surface area contributed by atoms with Crippen molar-refractivity contribution in [1.82, 2.24) is 14.5 Å². The van der Waals surface area contributed by atoms with Gasteiger partial charge < -0.3 is 8.92 Å². The standard InChI is InChI=1S/C17H13N3O/c1-12-16(14-11-20-10-6-5-9-15(20)18-14)17(19-21-12)13-7-3-2-4-8-13/h2-11H,1H3. The molecule has 0 aliphatic rings. The Bertz CT molecular complexity index is 873. The molecule has 0 saturated carbocycles. The van der Waals surface area contributed by atoms with Crippen LogP contribution in [0.3, 0.4) is 0 Å². The molecular weight excluding hydrogens is 262 g/mol. The Hall–Kier alpha value is -2.88. The van der Waals surface area contributed by atoms with Crippen LogP contribution in [-0.2, 0) is 0 Å². The molecule has 0 amide bonds. The molecule has 4 heteroatoms. The fourth-order valence-corrected chi connectivity index (χ4v) is 2.52. The molecule has 0 aliphatic heterocycles. The van der Waals surface area contributed by atoms with Gasteiger partial charge in [0.15, 0.2) is 0 Å². The van der Waals surface area contributed by atoms with E-state index in [1.165, 1.54) is 0 Å². The van der Waals surface area contributed by atoms with Crippen LogP contribution in [0.25, 0.3) is 28.2 Å². The summed E-state index contributed by atoms with van der Waals surface area (Å²) in [6.07, 6.45) is 3.98. The average Bonchev–Trinajstić information content (AvgIpc) is 3.11. The fourth-order valence-electron chi connectivity index (χ4n) is 2.52. The molecule has 0 fully saturated rings. The summed E-state index contributed by atoms with van der Waals surface area (Å²) in [4.78, 5) is 4.67. The van der Waals surface area contributed by atoms with Gasteiger partial charge in [0.05, 0.1) is 11.3 Å². The summed E-state index contributed by atoms with van der Waals surface area (Å²) < 4.78 is 7.40. The Labute approximate surface area is 121 Å². The molecule has 1 aromatic carbocycles. The van der Waals surface area contributed by atoms with Crippen molar-refractivity contribution in [2.24, 2.45) is 0 Å². The van der Waals surface area contributed by atoms with Crippen molar-refractivity contribution in [1.29, 1.82) is 0 Å². The number of benzene rings is 1. The molecule has 0 bridgehead atoms. The Morgan fingerprint density at radius 1 is 1.00 bits per heavy atom. The smallest absolute Gasteiger partial charge is 0.143 e. The highest BCUT2D eigenvalue weighted by Gasteiger charge is 2.18. The normalized spacial score (nSPS) is 11.1. The van der Waals surface area contributed by atoms with Gasteiger partial charge in [-0.2, -0.15) is 0 Å². The Kier molecular flexibility index (Phi) is 2.60. The molecule has 102 valence electrons. The van der Waals surface area contributed by atoms with Gasteiger partial charge in [-0.15, -0.1) is 0 Å². The molecule has 0 saturated heterocycles. The van der Waals surface area contributed by atoms with Gasteiger partial charge in [-0.05, 0) is 19.1 Å². The highest BCUT2D eigenvalue weighted by Crippen LogP contribution is 2.33. The molecule has 4 nitrogen and oxygen atoms in total.